The lowest BCUT2D eigenvalue weighted by Crippen LogP contribution is -2.34. The van der Waals surface area contributed by atoms with Crippen molar-refractivity contribution in [1.82, 2.24) is 10.3 Å². The molecule has 0 aliphatic carbocycles. The van der Waals surface area contributed by atoms with E-state index in [4.69, 9.17) is 9.73 Å². The van der Waals surface area contributed by atoms with Crippen molar-refractivity contribution in [1.29, 1.82) is 0 Å². The number of carbonyl (C=O) groups is 1. The maximum Gasteiger partial charge on any atom is 0.338 e. The second-order valence-electron chi connectivity index (χ2n) is 5.63. The number of benzene rings is 1. The number of methoxy groups -OCH3 is 1. The topological polar surface area (TPSA) is 63.6 Å². The zero-order valence-corrected chi connectivity index (χ0v) is 18.0. The van der Waals surface area contributed by atoms with Gasteiger partial charge in [-0.2, -0.15) is 0 Å². The van der Waals surface area contributed by atoms with Crippen LogP contribution in [-0.4, -0.2) is 29.2 Å². The maximum atomic E-state index is 12.6. The summed E-state index contributed by atoms with van der Waals surface area (Å²) in [5.41, 5.74) is 3.45. The molecular weight excluding hydrogens is 433 g/mol. The summed E-state index contributed by atoms with van der Waals surface area (Å²) in [6.07, 6.45) is 2.59. The number of rotatable bonds is 5. The van der Waals surface area contributed by atoms with Gasteiger partial charge >= 0.3 is 5.97 Å². The first kappa shape index (κ1) is 19.2. The third-order valence-corrected chi connectivity index (χ3v) is 6.08. The van der Waals surface area contributed by atoms with Gasteiger partial charge in [0.25, 0.3) is 0 Å². The number of aliphatic imine (C=N–C) groups is 1. The number of nitrogens with zero attached hydrogens (tertiary/aromatic N) is 2. The summed E-state index contributed by atoms with van der Waals surface area (Å²) in [6, 6.07) is 5.62. The average Bonchev–Trinajstić information content (AvgIpc) is 3.20. The van der Waals surface area contributed by atoms with Gasteiger partial charge in [0, 0.05) is 22.6 Å². The Bertz CT molecular complexity index is 881. The molecule has 1 aromatic carbocycles. The lowest BCUT2D eigenvalue weighted by molar-refractivity contribution is -0.136. The maximum absolute atomic E-state index is 12.6. The van der Waals surface area contributed by atoms with Gasteiger partial charge in [0.05, 0.1) is 12.7 Å². The van der Waals surface area contributed by atoms with Gasteiger partial charge < -0.3 is 10.1 Å². The van der Waals surface area contributed by atoms with E-state index in [9.17, 15) is 4.79 Å². The minimum atomic E-state index is -0.439. The van der Waals surface area contributed by atoms with E-state index in [2.05, 4.69) is 42.4 Å². The predicted molar refractivity (Wildman–Crippen MR) is 113 cm³/mol. The van der Waals surface area contributed by atoms with Crippen LogP contribution in [0.4, 0.5) is 0 Å². The number of thiazole rings is 1. The van der Waals surface area contributed by atoms with Gasteiger partial charge in [-0.05, 0) is 22.9 Å². The molecule has 2 atom stereocenters. The van der Waals surface area contributed by atoms with Crippen LogP contribution in [0.25, 0.3) is 0 Å². The van der Waals surface area contributed by atoms with Crippen LogP contribution in [0.3, 0.4) is 0 Å². The highest BCUT2D eigenvalue weighted by atomic mass is 79.9. The van der Waals surface area contributed by atoms with Gasteiger partial charge in [0.2, 0.25) is 0 Å². The predicted octanol–water partition coefficient (Wildman–Crippen LogP) is 3.12. The first-order valence-electron chi connectivity index (χ1n) is 8.09. The van der Waals surface area contributed by atoms with Crippen LogP contribution in [0.2, 0.25) is 0 Å². The number of amidine groups is 1. The fraction of sp³-hybridized carbons (Fsp3) is 0.278. The standard InChI is InChI=1S/C18H19BrN3O2PS/c1-3-10-11(5-4-6-13(10)25)15-14(18(23)24-2)12(9-19)21-16(22-15)17-20-7-8-26-17/h4-8,15H,3,9,25H2,1-2H3,(H,21,22). The quantitative estimate of drug-likeness (QED) is 0.430. The van der Waals surface area contributed by atoms with Gasteiger partial charge in [0.15, 0.2) is 10.8 Å². The highest BCUT2D eigenvalue weighted by molar-refractivity contribution is 9.09. The number of ether oxygens (including phenoxy) is 1. The van der Waals surface area contributed by atoms with Gasteiger partial charge in [-0.15, -0.1) is 20.6 Å². The van der Waals surface area contributed by atoms with Crippen molar-refractivity contribution in [3.8, 4) is 0 Å². The Labute approximate surface area is 167 Å². The number of hydrogen-bond acceptors (Lipinski definition) is 6. The molecule has 136 valence electrons. The molecule has 5 nitrogen and oxygen atoms in total. The average molecular weight is 452 g/mol. The molecule has 0 fully saturated rings. The molecule has 1 aliphatic rings. The molecule has 1 N–H and O–H groups in total. The summed E-state index contributed by atoms with van der Waals surface area (Å²) < 4.78 is 5.06. The SMILES string of the molecule is CCc1c(P)cccc1C1N=C(c2nccs2)NC(CBr)=C1C(=O)OC. The summed E-state index contributed by atoms with van der Waals surface area (Å²) in [4.78, 5) is 21.8. The molecule has 8 heteroatoms. The number of carbonyl (C=O) groups excluding carboxylic acids is 1. The molecule has 0 bridgehead atoms. The van der Waals surface area contributed by atoms with Crippen molar-refractivity contribution in [2.45, 2.75) is 19.4 Å². The van der Waals surface area contributed by atoms with Crippen LogP contribution in [0.15, 0.2) is 46.0 Å². The second-order valence-corrected chi connectivity index (χ2v) is 7.71. The zero-order valence-electron chi connectivity index (χ0n) is 14.5. The van der Waals surface area contributed by atoms with E-state index >= 15 is 0 Å². The third-order valence-electron chi connectivity index (χ3n) is 4.20. The Hall–Kier alpha value is -1.56. The summed E-state index contributed by atoms with van der Waals surface area (Å²) >= 11 is 4.99. The Morgan fingerprint density at radius 2 is 2.27 bits per heavy atom. The molecular formula is C18H19BrN3O2PS. The monoisotopic (exact) mass is 451 g/mol. The zero-order chi connectivity index (χ0) is 18.7. The number of esters is 1. The fourth-order valence-electron chi connectivity index (χ4n) is 3.01. The van der Waals surface area contributed by atoms with E-state index in [1.165, 1.54) is 24.0 Å². The number of nitrogens with one attached hydrogen (secondary N) is 1. The van der Waals surface area contributed by atoms with E-state index in [1.54, 1.807) is 6.20 Å². The fourth-order valence-corrected chi connectivity index (χ4v) is 4.53. The van der Waals surface area contributed by atoms with Crippen molar-refractivity contribution >= 4 is 53.6 Å². The molecule has 2 aromatic rings. The Balaban J connectivity index is 2.21. The van der Waals surface area contributed by atoms with E-state index < -0.39 is 6.04 Å². The number of alkyl halides is 1. The summed E-state index contributed by atoms with van der Waals surface area (Å²) in [5, 5.41) is 7.54. The van der Waals surface area contributed by atoms with Gasteiger partial charge in [-0.1, -0.05) is 41.1 Å². The van der Waals surface area contributed by atoms with Crippen LogP contribution in [0.1, 0.15) is 29.1 Å². The van der Waals surface area contributed by atoms with Crippen LogP contribution < -0.4 is 10.6 Å². The highest BCUT2D eigenvalue weighted by Crippen LogP contribution is 2.35. The van der Waals surface area contributed by atoms with Crippen LogP contribution in [0.5, 0.6) is 0 Å². The Morgan fingerprint density at radius 3 is 2.88 bits per heavy atom. The van der Waals surface area contributed by atoms with E-state index in [0.29, 0.717) is 16.7 Å². The molecule has 0 radical (unpaired) electrons. The number of aromatic nitrogens is 1. The molecule has 2 heterocycles. The molecule has 1 aliphatic heterocycles. The van der Waals surface area contributed by atoms with Crippen molar-refractivity contribution in [2.75, 3.05) is 12.4 Å². The number of halogens is 1. The molecule has 0 spiro atoms. The van der Waals surface area contributed by atoms with E-state index in [-0.39, 0.29) is 5.97 Å². The van der Waals surface area contributed by atoms with Crippen molar-refractivity contribution in [3.05, 3.63) is 57.2 Å². The second kappa shape index (κ2) is 8.42. The highest BCUT2D eigenvalue weighted by Gasteiger charge is 2.33. The lowest BCUT2D eigenvalue weighted by atomic mass is 9.91. The van der Waals surface area contributed by atoms with Crippen molar-refractivity contribution < 1.29 is 9.53 Å². The summed E-state index contributed by atoms with van der Waals surface area (Å²) in [5.74, 6) is 0.290. The van der Waals surface area contributed by atoms with Crippen molar-refractivity contribution in [2.24, 2.45) is 4.99 Å². The molecule has 0 amide bonds. The van der Waals surface area contributed by atoms with Crippen LogP contribution in [-0.2, 0) is 16.0 Å². The molecule has 3 rings (SSSR count). The van der Waals surface area contributed by atoms with Crippen LogP contribution >= 0.6 is 36.5 Å². The lowest BCUT2D eigenvalue weighted by Gasteiger charge is -2.27. The number of allylic oxidation sites excluding steroid dienone is 1. The van der Waals surface area contributed by atoms with E-state index in [0.717, 1.165) is 28.0 Å². The molecule has 0 saturated carbocycles. The Kier molecular flexibility index (Phi) is 6.22. The van der Waals surface area contributed by atoms with Crippen LogP contribution in [0, 0.1) is 0 Å². The van der Waals surface area contributed by atoms with Gasteiger partial charge in [-0.25, -0.2) is 9.78 Å². The Morgan fingerprint density at radius 1 is 1.46 bits per heavy atom. The van der Waals surface area contributed by atoms with Crippen molar-refractivity contribution in [3.63, 3.8) is 0 Å². The smallest absolute Gasteiger partial charge is 0.338 e. The molecule has 2 unspecified atom stereocenters. The molecule has 1 aromatic heterocycles. The van der Waals surface area contributed by atoms with Gasteiger partial charge in [-0.3, -0.25) is 4.99 Å². The largest absolute Gasteiger partial charge is 0.466 e. The third kappa shape index (κ3) is 3.61. The molecule has 0 saturated heterocycles. The first-order chi connectivity index (χ1) is 12.6. The summed E-state index contributed by atoms with van der Waals surface area (Å²) in [7, 11) is 4.16. The first-order valence-corrected chi connectivity index (χ1v) is 10.7. The number of hydrogen-bond donors (Lipinski definition) is 1. The minimum absolute atomic E-state index is 0.380. The molecule has 26 heavy (non-hydrogen) atoms. The summed E-state index contributed by atoms with van der Waals surface area (Å²) in [6.45, 7) is 2.10. The van der Waals surface area contributed by atoms with E-state index in [1.807, 2.05) is 23.6 Å². The van der Waals surface area contributed by atoms with Gasteiger partial charge in [0.1, 0.15) is 6.04 Å². The minimum Gasteiger partial charge on any atom is -0.466 e. The normalized spacial score (nSPS) is 16.9.